The van der Waals surface area contributed by atoms with Gasteiger partial charge in [0.15, 0.2) is 0 Å². The van der Waals surface area contributed by atoms with Crippen molar-refractivity contribution in [1.29, 1.82) is 0 Å². The van der Waals surface area contributed by atoms with Crippen molar-refractivity contribution < 1.29 is 0 Å². The molecule has 0 saturated carbocycles. The van der Waals surface area contributed by atoms with Crippen LogP contribution < -0.4 is 5.32 Å². The fourth-order valence-electron chi connectivity index (χ4n) is 1.94. The zero-order valence-electron chi connectivity index (χ0n) is 12.1. The molecule has 0 saturated heterocycles. The van der Waals surface area contributed by atoms with Crippen molar-refractivity contribution in [2.24, 2.45) is 7.05 Å². The highest BCUT2D eigenvalue weighted by Gasteiger charge is 2.08. The fourth-order valence-corrected chi connectivity index (χ4v) is 3.18. The van der Waals surface area contributed by atoms with E-state index in [-0.39, 0.29) is 0 Å². The predicted molar refractivity (Wildman–Crippen MR) is 85.5 cm³/mol. The Balaban J connectivity index is 2.07. The van der Waals surface area contributed by atoms with E-state index in [0.717, 1.165) is 40.1 Å². The van der Waals surface area contributed by atoms with Crippen LogP contribution in [-0.2, 0) is 13.6 Å². The summed E-state index contributed by atoms with van der Waals surface area (Å²) < 4.78 is 1.88. The van der Waals surface area contributed by atoms with Crippen molar-refractivity contribution in [3.05, 3.63) is 40.5 Å². The Labute approximate surface area is 129 Å². The lowest BCUT2D eigenvalue weighted by atomic mass is 10.2. The van der Waals surface area contributed by atoms with Crippen LogP contribution in [0.15, 0.2) is 34.2 Å². The van der Waals surface area contributed by atoms with Crippen LogP contribution in [0.2, 0.25) is 5.02 Å². The lowest BCUT2D eigenvalue weighted by Gasteiger charge is -2.08. The maximum atomic E-state index is 6.37. The zero-order valence-corrected chi connectivity index (χ0v) is 13.7. The summed E-state index contributed by atoms with van der Waals surface area (Å²) in [7, 11) is 1.95. The lowest BCUT2D eigenvalue weighted by molar-refractivity contribution is 0.675. The van der Waals surface area contributed by atoms with Crippen LogP contribution in [0.4, 0.5) is 0 Å². The van der Waals surface area contributed by atoms with Crippen molar-refractivity contribution in [2.75, 3.05) is 6.54 Å². The van der Waals surface area contributed by atoms with Crippen molar-refractivity contribution in [3.8, 4) is 0 Å². The number of nitrogens with one attached hydrogen (secondary N) is 1. The summed E-state index contributed by atoms with van der Waals surface area (Å²) in [6.45, 7) is 6.05. The molecule has 1 aromatic carbocycles. The number of aromatic nitrogens is 2. The third-order valence-corrected chi connectivity index (χ3v) is 4.52. The van der Waals surface area contributed by atoms with E-state index < -0.39 is 0 Å². The second kappa shape index (κ2) is 7.16. The molecule has 2 rings (SSSR count). The minimum atomic E-state index is 0.796. The number of nitrogens with zero attached hydrogens (tertiary/aromatic N) is 2. The first-order valence-electron chi connectivity index (χ1n) is 6.77. The van der Waals surface area contributed by atoms with Gasteiger partial charge in [-0.05, 0) is 43.7 Å². The molecule has 0 atom stereocenters. The Bertz CT molecular complexity index is 580. The molecule has 0 aliphatic heterocycles. The van der Waals surface area contributed by atoms with E-state index in [2.05, 4.69) is 35.5 Å². The van der Waals surface area contributed by atoms with Gasteiger partial charge in [0.25, 0.3) is 0 Å². The summed E-state index contributed by atoms with van der Waals surface area (Å²) in [6.07, 6.45) is 1.14. The molecule has 0 radical (unpaired) electrons. The average Bonchev–Trinajstić information content (AvgIpc) is 2.71. The zero-order chi connectivity index (χ0) is 14.5. The molecule has 2 aromatic rings. The molecule has 1 N–H and O–H groups in total. The molecule has 0 unspecified atom stereocenters. The van der Waals surface area contributed by atoms with Gasteiger partial charge in [0.1, 0.15) is 0 Å². The number of halogens is 1. The molecule has 0 bridgehead atoms. The van der Waals surface area contributed by atoms with E-state index in [9.17, 15) is 0 Å². The van der Waals surface area contributed by atoms with Gasteiger partial charge >= 0.3 is 0 Å². The normalized spacial score (nSPS) is 11.0. The lowest BCUT2D eigenvalue weighted by Crippen LogP contribution is -2.13. The summed E-state index contributed by atoms with van der Waals surface area (Å²) >= 11 is 8.02. The van der Waals surface area contributed by atoms with Gasteiger partial charge in [-0.25, -0.2) is 0 Å². The van der Waals surface area contributed by atoms with Gasteiger partial charge in [-0.2, -0.15) is 5.10 Å². The van der Waals surface area contributed by atoms with Gasteiger partial charge < -0.3 is 5.32 Å². The van der Waals surface area contributed by atoms with Crippen molar-refractivity contribution >= 4 is 23.4 Å². The van der Waals surface area contributed by atoms with Gasteiger partial charge in [0, 0.05) is 18.5 Å². The first-order chi connectivity index (χ1) is 9.60. The Morgan fingerprint density at radius 3 is 2.75 bits per heavy atom. The first-order valence-corrected chi connectivity index (χ1v) is 7.97. The second-order valence-electron chi connectivity index (χ2n) is 4.79. The van der Waals surface area contributed by atoms with Crippen LogP contribution >= 0.6 is 23.4 Å². The number of hydrogen-bond acceptors (Lipinski definition) is 3. The summed E-state index contributed by atoms with van der Waals surface area (Å²) in [5.74, 6) is 0. The van der Waals surface area contributed by atoms with Crippen LogP contribution in [0.3, 0.4) is 0 Å². The monoisotopic (exact) mass is 309 g/mol. The van der Waals surface area contributed by atoms with Crippen LogP contribution in [0.5, 0.6) is 0 Å². The molecule has 0 fully saturated rings. The third kappa shape index (κ3) is 4.01. The molecular formula is C15H20ClN3S. The van der Waals surface area contributed by atoms with E-state index >= 15 is 0 Å². The fraction of sp³-hybridized carbons (Fsp3) is 0.400. The van der Waals surface area contributed by atoms with Gasteiger partial charge in [0.2, 0.25) is 0 Å². The van der Waals surface area contributed by atoms with Gasteiger partial charge in [-0.15, -0.1) is 0 Å². The second-order valence-corrected chi connectivity index (χ2v) is 6.26. The van der Waals surface area contributed by atoms with Gasteiger partial charge in [-0.1, -0.05) is 36.4 Å². The molecule has 0 spiro atoms. The smallest absolute Gasteiger partial charge is 0.0987 e. The third-order valence-electron chi connectivity index (χ3n) is 2.93. The van der Waals surface area contributed by atoms with Crippen LogP contribution in [-0.4, -0.2) is 16.3 Å². The molecule has 0 amide bonds. The summed E-state index contributed by atoms with van der Waals surface area (Å²) in [6, 6.07) is 8.31. The van der Waals surface area contributed by atoms with E-state index in [4.69, 9.17) is 11.6 Å². The van der Waals surface area contributed by atoms with Crippen molar-refractivity contribution in [1.82, 2.24) is 15.1 Å². The SMILES string of the molecule is CCCNCc1ccc(Sc2cc(C)nn2C)c(Cl)c1. The molecular weight excluding hydrogens is 290 g/mol. The van der Waals surface area contributed by atoms with Gasteiger partial charge in [-0.3, -0.25) is 4.68 Å². The average molecular weight is 310 g/mol. The van der Waals surface area contributed by atoms with E-state index in [1.165, 1.54) is 5.56 Å². The Morgan fingerprint density at radius 1 is 1.35 bits per heavy atom. The minimum Gasteiger partial charge on any atom is -0.313 e. The summed E-state index contributed by atoms with van der Waals surface area (Å²) in [5.41, 5.74) is 2.24. The minimum absolute atomic E-state index is 0.796. The molecule has 0 aliphatic carbocycles. The van der Waals surface area contributed by atoms with E-state index in [1.807, 2.05) is 24.7 Å². The van der Waals surface area contributed by atoms with Gasteiger partial charge in [0.05, 0.1) is 15.7 Å². The quantitative estimate of drug-likeness (QED) is 0.817. The predicted octanol–water partition coefficient (Wildman–Crippen LogP) is 4.03. The van der Waals surface area contributed by atoms with E-state index in [0.29, 0.717) is 0 Å². The Morgan fingerprint density at radius 2 is 2.15 bits per heavy atom. The highest BCUT2D eigenvalue weighted by Crippen LogP contribution is 2.33. The van der Waals surface area contributed by atoms with Crippen LogP contribution in [0.1, 0.15) is 24.6 Å². The molecule has 3 nitrogen and oxygen atoms in total. The topological polar surface area (TPSA) is 29.9 Å². The van der Waals surface area contributed by atoms with Crippen LogP contribution in [0, 0.1) is 6.92 Å². The van der Waals surface area contributed by atoms with E-state index in [1.54, 1.807) is 11.8 Å². The summed E-state index contributed by atoms with van der Waals surface area (Å²) in [5, 5.41) is 9.62. The molecule has 1 aromatic heterocycles. The van der Waals surface area contributed by atoms with Crippen molar-refractivity contribution in [3.63, 3.8) is 0 Å². The number of hydrogen-bond donors (Lipinski definition) is 1. The maximum absolute atomic E-state index is 6.37. The van der Waals surface area contributed by atoms with Crippen molar-refractivity contribution in [2.45, 2.75) is 36.7 Å². The van der Waals surface area contributed by atoms with Crippen LogP contribution in [0.25, 0.3) is 0 Å². The summed E-state index contributed by atoms with van der Waals surface area (Å²) in [4.78, 5) is 1.06. The maximum Gasteiger partial charge on any atom is 0.0987 e. The standard InChI is InChI=1S/C15H20ClN3S/c1-4-7-17-10-12-5-6-14(13(16)9-12)20-15-8-11(2)18-19(15)3/h5-6,8-9,17H,4,7,10H2,1-3H3. The molecule has 0 aliphatic rings. The molecule has 1 heterocycles. The molecule has 5 heteroatoms. The highest BCUT2D eigenvalue weighted by atomic mass is 35.5. The molecule has 20 heavy (non-hydrogen) atoms. The number of aryl methyl sites for hydroxylation is 2. The first kappa shape index (κ1) is 15.4. The number of benzene rings is 1. The Hall–Kier alpha value is -0.970. The largest absolute Gasteiger partial charge is 0.313 e. The highest BCUT2D eigenvalue weighted by molar-refractivity contribution is 7.99. The number of rotatable bonds is 6. The molecule has 108 valence electrons. The Kier molecular flexibility index (Phi) is 5.52.